The van der Waals surface area contributed by atoms with Crippen LogP contribution in [0.5, 0.6) is 5.75 Å². The smallest absolute Gasteiger partial charge is 0.254 e. The van der Waals surface area contributed by atoms with Crippen molar-refractivity contribution in [1.29, 1.82) is 0 Å². The first-order valence-electron chi connectivity index (χ1n) is 8.76. The molecule has 0 saturated carbocycles. The Bertz CT molecular complexity index is 880. The summed E-state index contributed by atoms with van der Waals surface area (Å²) in [5, 5.41) is 2.49. The summed E-state index contributed by atoms with van der Waals surface area (Å²) in [6, 6.07) is 13.4. The van der Waals surface area contributed by atoms with Crippen LogP contribution in [0, 0.1) is 5.92 Å². The molecule has 2 rings (SSSR count). The predicted molar refractivity (Wildman–Crippen MR) is 105 cm³/mol. The zero-order valence-corrected chi connectivity index (χ0v) is 16.8. The summed E-state index contributed by atoms with van der Waals surface area (Å²) in [6.07, 6.45) is 0.654. The van der Waals surface area contributed by atoms with Crippen LogP contribution >= 0.6 is 0 Å². The molecule has 2 aromatic rings. The van der Waals surface area contributed by atoms with Gasteiger partial charge in [-0.3, -0.25) is 4.79 Å². The largest absolute Gasteiger partial charge is 0.496 e. The molecule has 0 spiro atoms. The quantitative estimate of drug-likeness (QED) is 0.725. The summed E-state index contributed by atoms with van der Waals surface area (Å²) in [6.45, 7) is 4.09. The van der Waals surface area contributed by atoms with E-state index in [1.165, 1.54) is 32.4 Å². The summed E-state index contributed by atoms with van der Waals surface area (Å²) < 4.78 is 33.9. The number of benzene rings is 2. The van der Waals surface area contributed by atoms with Crippen molar-refractivity contribution in [3.63, 3.8) is 0 Å². The number of rotatable bonds is 8. The van der Waals surface area contributed by atoms with Crippen molar-refractivity contribution in [2.75, 3.05) is 14.2 Å². The number of sulfonamides is 1. The number of hydrogen-bond donors (Lipinski definition) is 2. The molecule has 1 atom stereocenters. The Labute approximate surface area is 161 Å². The van der Waals surface area contributed by atoms with Gasteiger partial charge in [-0.2, -0.15) is 0 Å². The van der Waals surface area contributed by atoms with E-state index in [-0.39, 0.29) is 16.5 Å². The SMILES string of the molecule is CNC(=O)c1cc(S(=O)(=O)N[C@@H](CC(C)C)c2ccccc2)ccc1OC. The Kier molecular flexibility index (Phi) is 6.98. The molecule has 146 valence electrons. The van der Waals surface area contributed by atoms with Crippen LogP contribution in [0.3, 0.4) is 0 Å². The maximum absolute atomic E-state index is 13.0. The van der Waals surface area contributed by atoms with Crippen molar-refractivity contribution in [2.45, 2.75) is 31.2 Å². The minimum absolute atomic E-state index is 0.0200. The van der Waals surface area contributed by atoms with Gasteiger partial charge in [-0.1, -0.05) is 44.2 Å². The Morgan fingerprint density at radius 1 is 1.11 bits per heavy atom. The molecule has 0 radical (unpaired) electrons. The number of nitrogens with one attached hydrogen (secondary N) is 2. The first kappa shape index (κ1) is 20.9. The van der Waals surface area contributed by atoms with Gasteiger partial charge in [0.1, 0.15) is 5.75 Å². The monoisotopic (exact) mass is 390 g/mol. The number of hydrogen-bond acceptors (Lipinski definition) is 4. The van der Waals surface area contributed by atoms with E-state index in [0.717, 1.165) is 5.56 Å². The van der Waals surface area contributed by atoms with E-state index < -0.39 is 15.9 Å². The molecule has 0 aliphatic carbocycles. The van der Waals surface area contributed by atoms with Gasteiger partial charge in [0, 0.05) is 13.1 Å². The van der Waals surface area contributed by atoms with Gasteiger partial charge < -0.3 is 10.1 Å². The summed E-state index contributed by atoms with van der Waals surface area (Å²) in [5.74, 6) is 0.205. The van der Waals surface area contributed by atoms with Crippen LogP contribution in [0.4, 0.5) is 0 Å². The summed E-state index contributed by atoms with van der Waals surface area (Å²) in [5.41, 5.74) is 1.07. The van der Waals surface area contributed by atoms with E-state index in [0.29, 0.717) is 18.1 Å². The Balaban J connectivity index is 2.40. The Hall–Kier alpha value is -2.38. The molecule has 0 aliphatic rings. The minimum Gasteiger partial charge on any atom is -0.496 e. The number of carbonyl (C=O) groups excluding carboxylic acids is 1. The number of ether oxygens (including phenoxy) is 1. The predicted octanol–water partition coefficient (Wildman–Crippen LogP) is 3.12. The van der Waals surface area contributed by atoms with E-state index in [1.54, 1.807) is 0 Å². The van der Waals surface area contributed by atoms with Crippen LogP contribution in [-0.4, -0.2) is 28.5 Å². The maximum atomic E-state index is 13.0. The normalized spacial score (nSPS) is 12.6. The molecular weight excluding hydrogens is 364 g/mol. The Morgan fingerprint density at radius 2 is 1.78 bits per heavy atom. The fourth-order valence-electron chi connectivity index (χ4n) is 2.83. The van der Waals surface area contributed by atoms with Gasteiger partial charge in [-0.15, -0.1) is 0 Å². The number of carbonyl (C=O) groups is 1. The third kappa shape index (κ3) is 5.30. The molecule has 2 N–H and O–H groups in total. The van der Waals surface area contributed by atoms with E-state index in [1.807, 2.05) is 44.2 Å². The van der Waals surface area contributed by atoms with Crippen molar-refractivity contribution < 1.29 is 17.9 Å². The summed E-state index contributed by atoms with van der Waals surface area (Å²) in [4.78, 5) is 12.1. The van der Waals surface area contributed by atoms with Crippen LogP contribution in [0.15, 0.2) is 53.4 Å². The number of methoxy groups -OCH3 is 1. The summed E-state index contributed by atoms with van der Waals surface area (Å²) in [7, 11) is -0.914. The van der Waals surface area contributed by atoms with Gasteiger partial charge in [0.05, 0.1) is 17.6 Å². The lowest BCUT2D eigenvalue weighted by atomic mass is 9.98. The van der Waals surface area contributed by atoms with Gasteiger partial charge >= 0.3 is 0 Å². The second kappa shape index (κ2) is 9.01. The van der Waals surface area contributed by atoms with Gasteiger partial charge in [0.15, 0.2) is 0 Å². The average Bonchev–Trinajstić information content (AvgIpc) is 2.66. The molecule has 27 heavy (non-hydrogen) atoms. The number of amides is 1. The van der Waals surface area contributed by atoms with Gasteiger partial charge in [0.25, 0.3) is 5.91 Å². The molecule has 1 amide bonds. The molecule has 0 aliphatic heterocycles. The van der Waals surface area contributed by atoms with Gasteiger partial charge in [0.2, 0.25) is 10.0 Å². The van der Waals surface area contributed by atoms with Crippen molar-refractivity contribution in [1.82, 2.24) is 10.0 Å². The zero-order chi connectivity index (χ0) is 20.0. The molecule has 0 saturated heterocycles. The Morgan fingerprint density at radius 3 is 2.33 bits per heavy atom. The summed E-state index contributed by atoms with van der Waals surface area (Å²) >= 11 is 0. The van der Waals surface area contributed by atoms with Crippen molar-refractivity contribution >= 4 is 15.9 Å². The van der Waals surface area contributed by atoms with Crippen LogP contribution < -0.4 is 14.8 Å². The highest BCUT2D eigenvalue weighted by Crippen LogP contribution is 2.26. The fraction of sp³-hybridized carbons (Fsp3) is 0.350. The molecular formula is C20H26N2O4S. The van der Waals surface area contributed by atoms with E-state index >= 15 is 0 Å². The van der Waals surface area contributed by atoms with Gasteiger partial charge in [-0.05, 0) is 36.1 Å². The van der Waals surface area contributed by atoms with Gasteiger partial charge in [-0.25, -0.2) is 13.1 Å². The van der Waals surface area contributed by atoms with E-state index in [2.05, 4.69) is 10.0 Å². The van der Waals surface area contributed by atoms with Crippen molar-refractivity contribution in [3.05, 3.63) is 59.7 Å². The van der Waals surface area contributed by atoms with Crippen molar-refractivity contribution in [3.8, 4) is 5.75 Å². The first-order chi connectivity index (χ1) is 12.8. The van der Waals surface area contributed by atoms with Crippen LogP contribution in [-0.2, 0) is 10.0 Å². The molecule has 0 heterocycles. The third-order valence-corrected chi connectivity index (χ3v) is 5.63. The van der Waals surface area contributed by atoms with Crippen molar-refractivity contribution in [2.24, 2.45) is 5.92 Å². The lowest BCUT2D eigenvalue weighted by molar-refractivity contribution is 0.0960. The standard InChI is InChI=1S/C20H26N2O4S/c1-14(2)12-18(15-8-6-5-7-9-15)22-27(24,25)16-10-11-19(26-4)17(13-16)20(23)21-3/h5-11,13-14,18,22H,12H2,1-4H3,(H,21,23)/t18-/m0/s1. The molecule has 0 fully saturated rings. The average molecular weight is 391 g/mol. The molecule has 0 bridgehead atoms. The second-order valence-corrected chi connectivity index (χ2v) is 8.37. The topological polar surface area (TPSA) is 84.5 Å². The first-order valence-corrected chi connectivity index (χ1v) is 10.2. The molecule has 7 heteroatoms. The highest BCUT2D eigenvalue weighted by molar-refractivity contribution is 7.89. The molecule has 0 aromatic heterocycles. The molecule has 2 aromatic carbocycles. The van der Waals surface area contributed by atoms with E-state index in [4.69, 9.17) is 4.74 Å². The molecule has 0 unspecified atom stereocenters. The van der Waals surface area contributed by atoms with Crippen LogP contribution in [0.25, 0.3) is 0 Å². The van der Waals surface area contributed by atoms with Crippen LogP contribution in [0.1, 0.15) is 42.2 Å². The lowest BCUT2D eigenvalue weighted by Gasteiger charge is -2.21. The highest BCUT2D eigenvalue weighted by Gasteiger charge is 2.24. The third-order valence-electron chi connectivity index (χ3n) is 4.16. The lowest BCUT2D eigenvalue weighted by Crippen LogP contribution is -2.30. The van der Waals surface area contributed by atoms with Crippen LogP contribution in [0.2, 0.25) is 0 Å². The minimum atomic E-state index is -3.83. The highest BCUT2D eigenvalue weighted by atomic mass is 32.2. The van der Waals surface area contributed by atoms with E-state index in [9.17, 15) is 13.2 Å². The second-order valence-electron chi connectivity index (χ2n) is 6.66. The maximum Gasteiger partial charge on any atom is 0.254 e. The molecule has 6 nitrogen and oxygen atoms in total. The zero-order valence-electron chi connectivity index (χ0n) is 16.0. The fourth-order valence-corrected chi connectivity index (χ4v) is 4.09.